The van der Waals surface area contributed by atoms with Gasteiger partial charge in [0.15, 0.2) is 0 Å². The number of carbonyl (C=O) groups is 2. The number of unbranched alkanes of at least 4 members (excludes halogenated alkanes) is 1. The van der Waals surface area contributed by atoms with Gasteiger partial charge in [-0.2, -0.15) is 0 Å². The highest BCUT2D eigenvalue weighted by molar-refractivity contribution is 5.89. The molecule has 0 radical (unpaired) electrons. The molecule has 0 aliphatic carbocycles. The van der Waals surface area contributed by atoms with Gasteiger partial charge in [0.2, 0.25) is 5.91 Å². The van der Waals surface area contributed by atoms with E-state index in [0.29, 0.717) is 12.3 Å². The molecule has 1 saturated heterocycles. The molecule has 1 aliphatic rings. The second kappa shape index (κ2) is 10.8. The number of hydroxylamine groups is 1. The SMILES string of the molecule is CCCCc1ccc(NC(=O)N2CCC(CCCC(=O)NO)CC2)cc1. The van der Waals surface area contributed by atoms with Crippen LogP contribution in [-0.4, -0.2) is 35.1 Å². The maximum Gasteiger partial charge on any atom is 0.321 e. The first-order valence-corrected chi connectivity index (χ1v) is 9.70. The van der Waals surface area contributed by atoms with Gasteiger partial charge < -0.3 is 10.2 Å². The van der Waals surface area contributed by atoms with Gasteiger partial charge in [-0.15, -0.1) is 0 Å². The summed E-state index contributed by atoms with van der Waals surface area (Å²) in [6, 6.07) is 8.08. The molecule has 0 aromatic heterocycles. The second-order valence-electron chi connectivity index (χ2n) is 7.09. The third-order valence-corrected chi connectivity index (χ3v) is 5.07. The molecule has 6 nitrogen and oxygen atoms in total. The summed E-state index contributed by atoms with van der Waals surface area (Å²) in [7, 11) is 0. The minimum Gasteiger partial charge on any atom is -0.325 e. The topological polar surface area (TPSA) is 81.7 Å². The molecule has 0 spiro atoms. The van der Waals surface area contributed by atoms with Gasteiger partial charge in [-0.25, -0.2) is 10.3 Å². The summed E-state index contributed by atoms with van der Waals surface area (Å²) < 4.78 is 0. The van der Waals surface area contributed by atoms with Crippen LogP contribution in [0.5, 0.6) is 0 Å². The zero-order chi connectivity index (χ0) is 18.8. The molecule has 1 aliphatic heterocycles. The van der Waals surface area contributed by atoms with Crippen molar-refractivity contribution in [1.29, 1.82) is 0 Å². The monoisotopic (exact) mass is 361 g/mol. The van der Waals surface area contributed by atoms with E-state index in [9.17, 15) is 9.59 Å². The smallest absolute Gasteiger partial charge is 0.321 e. The van der Waals surface area contributed by atoms with E-state index in [1.54, 1.807) is 5.48 Å². The highest BCUT2D eigenvalue weighted by Crippen LogP contribution is 2.23. The van der Waals surface area contributed by atoms with Crippen LogP contribution >= 0.6 is 0 Å². The van der Waals surface area contributed by atoms with Gasteiger partial charge in [-0.3, -0.25) is 10.0 Å². The van der Waals surface area contributed by atoms with Crippen molar-refractivity contribution in [3.63, 3.8) is 0 Å². The summed E-state index contributed by atoms with van der Waals surface area (Å²) in [5.74, 6) is 0.214. The molecule has 26 heavy (non-hydrogen) atoms. The molecule has 0 saturated carbocycles. The Balaban J connectivity index is 1.70. The Morgan fingerprint density at radius 3 is 2.46 bits per heavy atom. The van der Waals surface area contributed by atoms with Crippen molar-refractivity contribution in [3.05, 3.63) is 29.8 Å². The van der Waals surface area contributed by atoms with E-state index in [1.807, 2.05) is 17.0 Å². The van der Waals surface area contributed by atoms with Crippen LogP contribution in [0.3, 0.4) is 0 Å². The average Bonchev–Trinajstić information content (AvgIpc) is 2.67. The number of anilines is 1. The molecule has 2 rings (SSSR count). The maximum absolute atomic E-state index is 12.4. The van der Waals surface area contributed by atoms with Crippen LogP contribution in [-0.2, 0) is 11.2 Å². The van der Waals surface area contributed by atoms with Gasteiger partial charge in [-0.1, -0.05) is 25.5 Å². The minimum absolute atomic E-state index is 0.0376. The average molecular weight is 361 g/mol. The van der Waals surface area contributed by atoms with E-state index in [0.717, 1.165) is 50.9 Å². The van der Waals surface area contributed by atoms with Gasteiger partial charge in [0, 0.05) is 25.2 Å². The molecular formula is C20H31N3O3. The van der Waals surface area contributed by atoms with Crippen LogP contribution in [0.25, 0.3) is 0 Å². The number of aryl methyl sites for hydroxylation is 1. The lowest BCUT2D eigenvalue weighted by Crippen LogP contribution is -2.41. The zero-order valence-corrected chi connectivity index (χ0v) is 15.7. The minimum atomic E-state index is -0.331. The van der Waals surface area contributed by atoms with Crippen LogP contribution < -0.4 is 10.8 Å². The van der Waals surface area contributed by atoms with Crippen molar-refractivity contribution in [3.8, 4) is 0 Å². The number of likely N-dealkylation sites (tertiary alicyclic amines) is 1. The third kappa shape index (κ3) is 6.67. The summed E-state index contributed by atoms with van der Waals surface area (Å²) in [6.45, 7) is 3.68. The number of benzene rings is 1. The van der Waals surface area contributed by atoms with E-state index >= 15 is 0 Å². The zero-order valence-electron chi connectivity index (χ0n) is 15.7. The van der Waals surface area contributed by atoms with Crippen LogP contribution in [0.1, 0.15) is 57.4 Å². The maximum atomic E-state index is 12.4. The van der Waals surface area contributed by atoms with Gasteiger partial charge in [0.25, 0.3) is 0 Å². The van der Waals surface area contributed by atoms with E-state index < -0.39 is 0 Å². The van der Waals surface area contributed by atoms with Crippen molar-refractivity contribution >= 4 is 17.6 Å². The number of urea groups is 1. The Morgan fingerprint density at radius 1 is 1.15 bits per heavy atom. The highest BCUT2D eigenvalue weighted by atomic mass is 16.5. The van der Waals surface area contributed by atoms with Gasteiger partial charge in [0.1, 0.15) is 0 Å². The fourth-order valence-corrected chi connectivity index (χ4v) is 3.37. The van der Waals surface area contributed by atoms with Gasteiger partial charge in [-0.05, 0) is 62.1 Å². The highest BCUT2D eigenvalue weighted by Gasteiger charge is 2.22. The van der Waals surface area contributed by atoms with Crippen LogP contribution in [0, 0.1) is 5.92 Å². The molecule has 1 aromatic rings. The van der Waals surface area contributed by atoms with Crippen molar-refractivity contribution < 1.29 is 14.8 Å². The molecule has 3 amide bonds. The summed E-state index contributed by atoms with van der Waals surface area (Å²) in [5.41, 5.74) is 3.81. The lowest BCUT2D eigenvalue weighted by Gasteiger charge is -2.32. The fraction of sp³-hybridized carbons (Fsp3) is 0.600. The second-order valence-corrected chi connectivity index (χ2v) is 7.09. The lowest BCUT2D eigenvalue weighted by molar-refractivity contribution is -0.129. The number of rotatable bonds is 8. The first kappa shape index (κ1) is 20.2. The lowest BCUT2D eigenvalue weighted by atomic mass is 9.91. The molecule has 1 aromatic carbocycles. The van der Waals surface area contributed by atoms with Crippen LogP contribution in [0.15, 0.2) is 24.3 Å². The van der Waals surface area contributed by atoms with Crippen molar-refractivity contribution in [2.75, 3.05) is 18.4 Å². The van der Waals surface area contributed by atoms with Gasteiger partial charge >= 0.3 is 6.03 Å². The molecule has 144 valence electrons. The van der Waals surface area contributed by atoms with E-state index in [2.05, 4.69) is 24.4 Å². The third-order valence-electron chi connectivity index (χ3n) is 5.07. The first-order chi connectivity index (χ1) is 12.6. The predicted octanol–water partition coefficient (Wildman–Crippen LogP) is 3.95. The first-order valence-electron chi connectivity index (χ1n) is 9.70. The Kier molecular flexibility index (Phi) is 8.41. The van der Waals surface area contributed by atoms with Crippen molar-refractivity contribution in [2.24, 2.45) is 5.92 Å². The molecule has 1 heterocycles. The van der Waals surface area contributed by atoms with E-state index in [-0.39, 0.29) is 11.9 Å². The van der Waals surface area contributed by atoms with Crippen LogP contribution in [0.2, 0.25) is 0 Å². The predicted molar refractivity (Wildman–Crippen MR) is 102 cm³/mol. The molecule has 3 N–H and O–H groups in total. The summed E-state index contributed by atoms with van der Waals surface area (Å²) >= 11 is 0. The molecule has 6 heteroatoms. The molecule has 0 unspecified atom stereocenters. The normalized spacial score (nSPS) is 14.9. The number of amides is 3. The van der Waals surface area contributed by atoms with Gasteiger partial charge in [0.05, 0.1) is 0 Å². The molecule has 0 bridgehead atoms. The number of hydrogen-bond donors (Lipinski definition) is 3. The summed E-state index contributed by atoms with van der Waals surface area (Å²) in [5, 5.41) is 11.5. The number of nitrogens with one attached hydrogen (secondary N) is 2. The fourth-order valence-electron chi connectivity index (χ4n) is 3.37. The Hall–Kier alpha value is -2.08. The molecule has 1 fully saturated rings. The standard InChI is InChI=1S/C20H31N3O3/c1-2-3-5-16-8-10-18(11-9-16)21-20(25)23-14-12-17(13-15-23)6-4-7-19(24)22-26/h8-11,17,26H,2-7,12-15H2,1H3,(H,21,25)(H,22,24). The van der Waals surface area contributed by atoms with Crippen LogP contribution in [0.4, 0.5) is 10.5 Å². The Labute approximate surface area is 155 Å². The number of piperidine rings is 1. The van der Waals surface area contributed by atoms with E-state index in [4.69, 9.17) is 5.21 Å². The number of carbonyl (C=O) groups excluding carboxylic acids is 2. The summed E-state index contributed by atoms with van der Waals surface area (Å²) in [6.07, 6.45) is 7.46. The summed E-state index contributed by atoms with van der Waals surface area (Å²) in [4.78, 5) is 25.3. The van der Waals surface area contributed by atoms with Crippen molar-refractivity contribution in [1.82, 2.24) is 10.4 Å². The number of nitrogens with zero attached hydrogens (tertiary/aromatic N) is 1. The largest absolute Gasteiger partial charge is 0.325 e. The quantitative estimate of drug-likeness (QED) is 0.484. The number of hydrogen-bond acceptors (Lipinski definition) is 3. The Bertz CT molecular complexity index is 566. The molecule has 0 atom stereocenters. The molecular weight excluding hydrogens is 330 g/mol. The van der Waals surface area contributed by atoms with E-state index in [1.165, 1.54) is 18.4 Å². The Morgan fingerprint density at radius 2 is 1.85 bits per heavy atom. The van der Waals surface area contributed by atoms with Crippen molar-refractivity contribution in [2.45, 2.75) is 58.3 Å².